The molecule has 0 radical (unpaired) electrons. The molecule has 0 aliphatic heterocycles. The second-order valence-electron chi connectivity index (χ2n) is 9.79. The van der Waals surface area contributed by atoms with Crippen molar-refractivity contribution in [3.05, 3.63) is 88.1 Å². The SMILES string of the molecule is CC[C@@H](C)NC(=O)[C@@H](C)N(Cc1ccc(F)cc1)C(=O)CN(c1ccc(C)cc1)S(=O)(=O)c1ccc(OC)c(Br)c1. The van der Waals surface area contributed by atoms with Gasteiger partial charge in [-0.25, -0.2) is 12.8 Å². The lowest BCUT2D eigenvalue weighted by Gasteiger charge is -2.32. The zero-order chi connectivity index (χ0) is 30.3. The van der Waals surface area contributed by atoms with Crippen molar-refractivity contribution < 1.29 is 27.1 Å². The molecule has 0 aromatic heterocycles. The number of sulfonamides is 1. The fraction of sp³-hybridized carbons (Fsp3) is 0.333. The molecule has 0 saturated heterocycles. The summed E-state index contributed by atoms with van der Waals surface area (Å²) in [5.74, 6) is -0.957. The predicted octanol–water partition coefficient (Wildman–Crippen LogP) is 5.43. The second-order valence-corrected chi connectivity index (χ2v) is 12.5. The van der Waals surface area contributed by atoms with Gasteiger partial charge in [0.2, 0.25) is 11.8 Å². The monoisotopic (exact) mass is 647 g/mol. The Balaban J connectivity index is 2.04. The van der Waals surface area contributed by atoms with Crippen molar-refractivity contribution in [3.63, 3.8) is 0 Å². The van der Waals surface area contributed by atoms with Crippen LogP contribution in [0.25, 0.3) is 0 Å². The lowest BCUT2D eigenvalue weighted by Crippen LogP contribution is -2.52. The number of anilines is 1. The molecule has 41 heavy (non-hydrogen) atoms. The van der Waals surface area contributed by atoms with E-state index < -0.39 is 34.3 Å². The van der Waals surface area contributed by atoms with E-state index in [1.807, 2.05) is 20.8 Å². The number of aryl methyl sites for hydroxylation is 1. The minimum Gasteiger partial charge on any atom is -0.496 e. The Morgan fingerprint density at radius 2 is 1.66 bits per heavy atom. The molecule has 0 fully saturated rings. The van der Waals surface area contributed by atoms with E-state index in [0.29, 0.717) is 22.2 Å². The Morgan fingerprint density at radius 3 is 2.22 bits per heavy atom. The van der Waals surface area contributed by atoms with E-state index in [4.69, 9.17) is 4.74 Å². The van der Waals surface area contributed by atoms with Crippen molar-refractivity contribution >= 4 is 43.5 Å². The number of benzene rings is 3. The van der Waals surface area contributed by atoms with Crippen LogP contribution in [0.2, 0.25) is 0 Å². The molecule has 220 valence electrons. The van der Waals surface area contributed by atoms with Gasteiger partial charge in [0.25, 0.3) is 10.0 Å². The molecule has 0 unspecified atom stereocenters. The van der Waals surface area contributed by atoms with Crippen LogP contribution in [0.15, 0.2) is 76.1 Å². The summed E-state index contributed by atoms with van der Waals surface area (Å²) in [5.41, 5.74) is 1.79. The number of hydrogen-bond donors (Lipinski definition) is 1. The number of carbonyl (C=O) groups is 2. The summed E-state index contributed by atoms with van der Waals surface area (Å²) in [6.45, 7) is 6.65. The molecule has 0 aliphatic rings. The van der Waals surface area contributed by atoms with Crippen LogP contribution >= 0.6 is 15.9 Å². The average Bonchev–Trinajstić information content (AvgIpc) is 2.95. The fourth-order valence-electron chi connectivity index (χ4n) is 4.01. The molecule has 2 amide bonds. The maximum atomic E-state index is 14.0. The molecule has 0 aliphatic carbocycles. The van der Waals surface area contributed by atoms with Gasteiger partial charge in [-0.2, -0.15) is 0 Å². The number of carbonyl (C=O) groups excluding carboxylic acids is 2. The van der Waals surface area contributed by atoms with Gasteiger partial charge in [0.15, 0.2) is 0 Å². The number of nitrogens with zero attached hydrogens (tertiary/aromatic N) is 2. The number of hydrogen-bond acceptors (Lipinski definition) is 5. The van der Waals surface area contributed by atoms with E-state index in [1.54, 1.807) is 31.2 Å². The van der Waals surface area contributed by atoms with Gasteiger partial charge in [0, 0.05) is 12.6 Å². The van der Waals surface area contributed by atoms with Crippen LogP contribution in [0.3, 0.4) is 0 Å². The van der Waals surface area contributed by atoms with Gasteiger partial charge in [-0.1, -0.05) is 36.8 Å². The van der Waals surface area contributed by atoms with Crippen LogP contribution in [0, 0.1) is 12.7 Å². The van der Waals surface area contributed by atoms with E-state index >= 15 is 0 Å². The predicted molar refractivity (Wildman–Crippen MR) is 161 cm³/mol. The molecule has 0 spiro atoms. The Morgan fingerprint density at radius 1 is 1.02 bits per heavy atom. The third kappa shape index (κ3) is 8.07. The first-order valence-electron chi connectivity index (χ1n) is 13.1. The Kier molecular flexibility index (Phi) is 10.9. The molecule has 8 nitrogen and oxygen atoms in total. The number of methoxy groups -OCH3 is 1. The van der Waals surface area contributed by atoms with Crippen LogP contribution in [-0.4, -0.2) is 50.9 Å². The van der Waals surface area contributed by atoms with Crippen molar-refractivity contribution in [1.29, 1.82) is 0 Å². The van der Waals surface area contributed by atoms with Gasteiger partial charge in [0.05, 0.1) is 22.2 Å². The Hall–Kier alpha value is -3.44. The summed E-state index contributed by atoms with van der Waals surface area (Å²) in [6.07, 6.45) is 0.696. The topological polar surface area (TPSA) is 96.0 Å². The van der Waals surface area contributed by atoms with Crippen molar-refractivity contribution in [3.8, 4) is 5.75 Å². The molecule has 0 bridgehead atoms. The molecular weight excluding hydrogens is 613 g/mol. The zero-order valence-electron chi connectivity index (χ0n) is 23.7. The van der Waals surface area contributed by atoms with Crippen molar-refractivity contribution in [2.24, 2.45) is 0 Å². The standard InChI is InChI=1S/C30H35BrFN3O5S/c1-6-21(3)33-30(37)22(4)34(18-23-9-11-24(32)12-10-23)29(36)19-35(25-13-7-20(2)8-14-25)41(38,39)26-15-16-28(40-5)27(31)17-26/h7-17,21-22H,6,18-19H2,1-5H3,(H,33,37)/t21-,22-/m1/s1. The smallest absolute Gasteiger partial charge is 0.264 e. The van der Waals surface area contributed by atoms with Gasteiger partial charge in [0.1, 0.15) is 24.2 Å². The van der Waals surface area contributed by atoms with E-state index in [9.17, 15) is 22.4 Å². The largest absolute Gasteiger partial charge is 0.496 e. The summed E-state index contributed by atoms with van der Waals surface area (Å²) in [7, 11) is -2.77. The molecule has 3 aromatic rings. The third-order valence-corrected chi connectivity index (χ3v) is 9.14. The number of rotatable bonds is 12. The molecule has 1 N–H and O–H groups in total. The lowest BCUT2D eigenvalue weighted by molar-refractivity contribution is -0.139. The highest BCUT2D eigenvalue weighted by atomic mass is 79.9. The van der Waals surface area contributed by atoms with E-state index in [2.05, 4.69) is 21.2 Å². The minimum absolute atomic E-state index is 0.0237. The number of halogens is 2. The molecule has 0 heterocycles. The summed E-state index contributed by atoms with van der Waals surface area (Å²) < 4.78 is 48.2. The summed E-state index contributed by atoms with van der Waals surface area (Å²) in [4.78, 5) is 28.3. The fourth-order valence-corrected chi connectivity index (χ4v) is 6.14. The molecule has 0 saturated carbocycles. The molecule has 3 rings (SSSR count). The van der Waals surface area contributed by atoms with E-state index in [0.717, 1.165) is 9.87 Å². The molecular formula is C30H35BrFN3O5S. The van der Waals surface area contributed by atoms with Crippen molar-refractivity contribution in [1.82, 2.24) is 10.2 Å². The first-order valence-corrected chi connectivity index (χ1v) is 15.4. The highest BCUT2D eigenvalue weighted by Crippen LogP contribution is 2.31. The van der Waals surface area contributed by atoms with E-state index in [-0.39, 0.29) is 29.1 Å². The summed E-state index contributed by atoms with van der Waals surface area (Å²) in [5, 5.41) is 2.88. The quantitative estimate of drug-likeness (QED) is 0.283. The van der Waals surface area contributed by atoms with Gasteiger partial charge in [-0.05, 0) is 91.1 Å². The highest BCUT2D eigenvalue weighted by molar-refractivity contribution is 9.10. The Labute approximate surface area is 249 Å². The van der Waals surface area contributed by atoms with Crippen LogP contribution in [0.5, 0.6) is 5.75 Å². The van der Waals surface area contributed by atoms with Crippen molar-refractivity contribution in [2.45, 2.75) is 57.6 Å². The number of amides is 2. The van der Waals surface area contributed by atoms with Gasteiger partial charge in [-0.3, -0.25) is 13.9 Å². The van der Waals surface area contributed by atoms with Crippen LogP contribution in [0.1, 0.15) is 38.3 Å². The first-order chi connectivity index (χ1) is 19.4. The first kappa shape index (κ1) is 32.1. The second kappa shape index (κ2) is 14.0. The van der Waals surface area contributed by atoms with Crippen LogP contribution < -0.4 is 14.4 Å². The Bertz CT molecular complexity index is 1470. The molecule has 3 aromatic carbocycles. The zero-order valence-corrected chi connectivity index (χ0v) is 26.1. The highest BCUT2D eigenvalue weighted by Gasteiger charge is 2.33. The van der Waals surface area contributed by atoms with Crippen molar-refractivity contribution in [2.75, 3.05) is 18.0 Å². The normalized spacial score (nSPS) is 12.8. The lowest BCUT2D eigenvalue weighted by atomic mass is 10.1. The third-order valence-electron chi connectivity index (χ3n) is 6.75. The molecule has 11 heteroatoms. The van der Waals surface area contributed by atoms with Crippen LogP contribution in [0.4, 0.5) is 10.1 Å². The summed E-state index contributed by atoms with van der Waals surface area (Å²) in [6, 6.07) is 15.6. The summed E-state index contributed by atoms with van der Waals surface area (Å²) >= 11 is 3.34. The molecule has 2 atom stereocenters. The minimum atomic E-state index is -4.24. The maximum absolute atomic E-state index is 14.0. The number of ether oxygens (including phenoxy) is 1. The number of nitrogens with one attached hydrogen (secondary N) is 1. The van der Waals surface area contributed by atoms with Gasteiger partial charge in [-0.15, -0.1) is 0 Å². The van der Waals surface area contributed by atoms with Gasteiger partial charge >= 0.3 is 0 Å². The van der Waals surface area contributed by atoms with Gasteiger partial charge < -0.3 is 15.0 Å². The van der Waals surface area contributed by atoms with Crippen LogP contribution in [-0.2, 0) is 26.2 Å². The average molecular weight is 649 g/mol. The maximum Gasteiger partial charge on any atom is 0.264 e. The van der Waals surface area contributed by atoms with E-state index in [1.165, 1.54) is 54.5 Å².